The lowest BCUT2D eigenvalue weighted by atomic mass is 10.1. The van der Waals surface area contributed by atoms with Gasteiger partial charge in [0.05, 0.1) is 22.8 Å². The van der Waals surface area contributed by atoms with E-state index in [9.17, 15) is 22.8 Å². The van der Waals surface area contributed by atoms with Gasteiger partial charge in [-0.15, -0.1) is 0 Å². The van der Waals surface area contributed by atoms with E-state index >= 15 is 0 Å². The maximum Gasteiger partial charge on any atom is 0.433 e. The summed E-state index contributed by atoms with van der Waals surface area (Å²) in [6, 6.07) is 12.0. The van der Waals surface area contributed by atoms with E-state index in [1.807, 2.05) is 0 Å². The zero-order valence-corrected chi connectivity index (χ0v) is 16.6. The lowest BCUT2D eigenvalue weighted by Gasteiger charge is -2.12. The third-order valence-electron chi connectivity index (χ3n) is 4.73. The van der Waals surface area contributed by atoms with Crippen molar-refractivity contribution in [2.45, 2.75) is 13.1 Å². The van der Waals surface area contributed by atoms with Crippen LogP contribution >= 0.6 is 0 Å². The number of fused-ring (bicyclic) bond motifs is 1. The zero-order valence-electron chi connectivity index (χ0n) is 16.6. The number of nitrogens with one attached hydrogen (secondary N) is 2. The largest absolute Gasteiger partial charge is 0.433 e. The first-order valence-electron chi connectivity index (χ1n) is 9.41. The predicted molar refractivity (Wildman–Crippen MR) is 112 cm³/mol. The van der Waals surface area contributed by atoms with Crippen LogP contribution in [0.4, 0.5) is 24.5 Å². The van der Waals surface area contributed by atoms with Crippen molar-refractivity contribution in [2.75, 3.05) is 10.6 Å². The molecule has 0 saturated carbocycles. The molecule has 0 aliphatic rings. The van der Waals surface area contributed by atoms with Crippen LogP contribution in [-0.2, 0) is 6.18 Å². The van der Waals surface area contributed by atoms with Crippen molar-refractivity contribution in [3.63, 3.8) is 0 Å². The van der Waals surface area contributed by atoms with Crippen LogP contribution < -0.4 is 10.6 Å². The van der Waals surface area contributed by atoms with Crippen molar-refractivity contribution >= 4 is 28.7 Å². The summed E-state index contributed by atoms with van der Waals surface area (Å²) in [4.78, 5) is 28.4. The molecule has 0 unspecified atom stereocenters. The van der Waals surface area contributed by atoms with E-state index in [0.29, 0.717) is 22.5 Å². The molecule has 1 aromatic carbocycles. The van der Waals surface area contributed by atoms with Crippen molar-refractivity contribution in [2.24, 2.45) is 0 Å². The Morgan fingerprint density at radius 3 is 2.50 bits per heavy atom. The summed E-state index contributed by atoms with van der Waals surface area (Å²) in [7, 11) is 0. The highest BCUT2D eigenvalue weighted by Gasteiger charge is 2.32. The minimum atomic E-state index is -4.58. The Labute approximate surface area is 179 Å². The number of aromatic nitrogens is 3. The molecule has 0 bridgehead atoms. The number of carbonyl (C=O) groups is 2. The number of carbonyl (C=O) groups excluding carboxylic acids is 2. The fourth-order valence-corrected chi connectivity index (χ4v) is 3.03. The number of amides is 2. The van der Waals surface area contributed by atoms with Crippen LogP contribution in [0.3, 0.4) is 0 Å². The van der Waals surface area contributed by atoms with Gasteiger partial charge in [-0.05, 0) is 48.9 Å². The van der Waals surface area contributed by atoms with Gasteiger partial charge in [0.2, 0.25) is 0 Å². The van der Waals surface area contributed by atoms with Crippen LogP contribution in [0.25, 0.3) is 5.52 Å². The van der Waals surface area contributed by atoms with E-state index in [1.165, 1.54) is 6.20 Å². The maximum atomic E-state index is 12.8. The standard InChI is InChI=1S/C22H16F3N5O2/c1-13-5-7-15(28-20(31)14-6-8-19(26-11-14)22(23,24)25)10-17(13)29-21(32)16-12-27-30-9-3-2-4-18(16)30/h2-12H,1H3,(H,28,31)(H,29,32). The normalized spacial score (nSPS) is 11.4. The number of hydrogen-bond acceptors (Lipinski definition) is 4. The van der Waals surface area contributed by atoms with E-state index in [-0.39, 0.29) is 11.5 Å². The molecule has 0 saturated heterocycles. The molecule has 4 aromatic rings. The highest BCUT2D eigenvalue weighted by atomic mass is 19.4. The summed E-state index contributed by atoms with van der Waals surface area (Å²) in [5.41, 5.74) is 1.49. The Kier molecular flexibility index (Phi) is 5.35. The van der Waals surface area contributed by atoms with Crippen molar-refractivity contribution in [1.29, 1.82) is 0 Å². The predicted octanol–water partition coefficient (Wildman–Crippen LogP) is 4.56. The van der Waals surface area contributed by atoms with Gasteiger partial charge in [0.25, 0.3) is 11.8 Å². The van der Waals surface area contributed by atoms with Crippen LogP contribution in [0.5, 0.6) is 0 Å². The molecule has 2 amide bonds. The number of hydrogen-bond donors (Lipinski definition) is 2. The topological polar surface area (TPSA) is 88.4 Å². The first-order chi connectivity index (χ1) is 15.2. The number of pyridine rings is 2. The van der Waals surface area contributed by atoms with Crippen LogP contribution in [0, 0.1) is 6.92 Å². The van der Waals surface area contributed by atoms with Crippen LogP contribution in [0.2, 0.25) is 0 Å². The molecule has 32 heavy (non-hydrogen) atoms. The molecule has 3 heterocycles. The van der Waals surface area contributed by atoms with Gasteiger partial charge in [0, 0.05) is 23.8 Å². The fourth-order valence-electron chi connectivity index (χ4n) is 3.03. The first-order valence-corrected chi connectivity index (χ1v) is 9.41. The molecule has 0 aliphatic carbocycles. The number of rotatable bonds is 4. The Hall–Kier alpha value is -4.21. The molecule has 10 heteroatoms. The van der Waals surface area contributed by atoms with Gasteiger partial charge >= 0.3 is 6.18 Å². The number of halogens is 3. The van der Waals surface area contributed by atoms with Crippen molar-refractivity contribution in [3.8, 4) is 0 Å². The summed E-state index contributed by atoms with van der Waals surface area (Å²) in [6.07, 6.45) is -0.535. The van der Waals surface area contributed by atoms with Crippen LogP contribution in [0.15, 0.2) is 67.1 Å². The minimum Gasteiger partial charge on any atom is -0.322 e. The second-order valence-electron chi connectivity index (χ2n) is 6.96. The van der Waals surface area contributed by atoms with Gasteiger partial charge in [-0.3, -0.25) is 14.6 Å². The van der Waals surface area contributed by atoms with E-state index in [4.69, 9.17) is 0 Å². The Morgan fingerprint density at radius 1 is 0.969 bits per heavy atom. The molecule has 0 radical (unpaired) electrons. The zero-order chi connectivity index (χ0) is 22.9. The molecule has 162 valence electrons. The van der Waals surface area contributed by atoms with E-state index in [2.05, 4.69) is 20.7 Å². The first kappa shape index (κ1) is 21.0. The summed E-state index contributed by atoms with van der Waals surface area (Å²) in [6.45, 7) is 1.79. The molecule has 0 fully saturated rings. The summed E-state index contributed by atoms with van der Waals surface area (Å²) >= 11 is 0. The number of benzene rings is 1. The maximum absolute atomic E-state index is 12.8. The monoisotopic (exact) mass is 439 g/mol. The van der Waals surface area contributed by atoms with E-state index in [0.717, 1.165) is 23.9 Å². The van der Waals surface area contributed by atoms with Crippen molar-refractivity contribution < 1.29 is 22.8 Å². The Balaban J connectivity index is 1.51. The number of aryl methyl sites for hydroxylation is 1. The Bertz CT molecular complexity index is 1310. The Morgan fingerprint density at radius 2 is 1.78 bits per heavy atom. The van der Waals surface area contributed by atoms with E-state index in [1.54, 1.807) is 54.0 Å². The lowest BCUT2D eigenvalue weighted by Crippen LogP contribution is -2.15. The minimum absolute atomic E-state index is 0.0319. The average Bonchev–Trinajstić information content (AvgIpc) is 3.20. The third kappa shape index (κ3) is 4.29. The summed E-state index contributed by atoms with van der Waals surface area (Å²) in [5, 5.41) is 9.53. The van der Waals surface area contributed by atoms with Gasteiger partial charge in [0.1, 0.15) is 5.69 Å². The molecule has 4 rings (SSSR count). The highest BCUT2D eigenvalue weighted by Crippen LogP contribution is 2.27. The molecular formula is C22H16F3N5O2. The summed E-state index contributed by atoms with van der Waals surface area (Å²) < 4.78 is 39.5. The molecule has 3 aromatic heterocycles. The van der Waals surface area contributed by atoms with Crippen molar-refractivity contribution in [1.82, 2.24) is 14.6 Å². The van der Waals surface area contributed by atoms with Crippen LogP contribution in [0.1, 0.15) is 32.0 Å². The molecule has 0 aliphatic heterocycles. The quantitative estimate of drug-likeness (QED) is 0.488. The molecule has 0 atom stereocenters. The van der Waals surface area contributed by atoms with Gasteiger partial charge in [-0.25, -0.2) is 4.52 Å². The second-order valence-corrected chi connectivity index (χ2v) is 6.96. The second kappa shape index (κ2) is 8.14. The number of alkyl halides is 3. The number of anilines is 2. The van der Waals surface area contributed by atoms with Gasteiger partial charge in [-0.2, -0.15) is 18.3 Å². The van der Waals surface area contributed by atoms with E-state index < -0.39 is 17.8 Å². The third-order valence-corrected chi connectivity index (χ3v) is 4.73. The lowest BCUT2D eigenvalue weighted by molar-refractivity contribution is -0.141. The van der Waals surface area contributed by atoms with Crippen molar-refractivity contribution in [3.05, 3.63) is 89.5 Å². The van der Waals surface area contributed by atoms with Gasteiger partial charge in [0.15, 0.2) is 0 Å². The summed E-state index contributed by atoms with van der Waals surface area (Å²) in [5.74, 6) is -1.00. The highest BCUT2D eigenvalue weighted by molar-refractivity contribution is 6.09. The molecule has 2 N–H and O–H groups in total. The van der Waals surface area contributed by atoms with Gasteiger partial charge < -0.3 is 10.6 Å². The average molecular weight is 439 g/mol. The smallest absolute Gasteiger partial charge is 0.322 e. The van der Waals surface area contributed by atoms with Gasteiger partial charge in [-0.1, -0.05) is 12.1 Å². The fraction of sp³-hybridized carbons (Fsp3) is 0.0909. The number of nitrogens with zero attached hydrogens (tertiary/aromatic N) is 3. The molecule has 7 nitrogen and oxygen atoms in total. The van der Waals surface area contributed by atoms with Crippen LogP contribution in [-0.4, -0.2) is 26.4 Å². The molecule has 0 spiro atoms. The SMILES string of the molecule is Cc1ccc(NC(=O)c2ccc(C(F)(F)F)nc2)cc1NC(=O)c1cnn2ccccc12. The molecular weight excluding hydrogens is 423 g/mol.